The number of esters is 2. The molecule has 0 aliphatic rings. The second kappa shape index (κ2) is 13.4. The molecule has 0 saturated heterocycles. The van der Waals surface area contributed by atoms with Crippen LogP contribution in [0.5, 0.6) is 0 Å². The molecule has 19 heavy (non-hydrogen) atoms. The Bertz CT molecular complexity index is 367. The summed E-state index contributed by atoms with van der Waals surface area (Å²) in [5, 5.41) is 8.07. The Balaban J connectivity index is 0. The number of aliphatic carboxylic acids is 1. The predicted octanol–water partition coefficient (Wildman–Crippen LogP) is 1.26. The molecular formula is C13H16O6. The summed E-state index contributed by atoms with van der Waals surface area (Å²) in [6.07, 6.45) is 5.56. The van der Waals surface area contributed by atoms with Gasteiger partial charge in [-0.25, -0.2) is 14.4 Å². The lowest BCUT2D eigenvalue weighted by Crippen LogP contribution is -2.01. The van der Waals surface area contributed by atoms with Gasteiger partial charge < -0.3 is 14.6 Å². The van der Waals surface area contributed by atoms with Crippen LogP contribution in [0.2, 0.25) is 0 Å². The number of carboxylic acid groups (broad SMARTS) is 1. The number of carbonyl (C=O) groups is 3. The van der Waals surface area contributed by atoms with Crippen molar-refractivity contribution in [2.45, 2.75) is 0 Å². The predicted molar refractivity (Wildman–Crippen MR) is 69.3 cm³/mol. The zero-order valence-electron chi connectivity index (χ0n) is 10.4. The molecule has 0 aromatic rings. The van der Waals surface area contributed by atoms with Crippen molar-refractivity contribution >= 4 is 17.9 Å². The second-order valence-corrected chi connectivity index (χ2v) is 2.71. The van der Waals surface area contributed by atoms with Gasteiger partial charge in [-0.15, -0.1) is 0 Å². The van der Waals surface area contributed by atoms with Gasteiger partial charge in [-0.1, -0.05) is 31.9 Å². The highest BCUT2D eigenvalue weighted by Crippen LogP contribution is 1.81. The van der Waals surface area contributed by atoms with Crippen LogP contribution in [0.3, 0.4) is 0 Å². The van der Waals surface area contributed by atoms with E-state index in [9.17, 15) is 14.4 Å². The number of hydrogen-bond acceptors (Lipinski definition) is 5. The monoisotopic (exact) mass is 268 g/mol. The SMILES string of the molecule is C=CCOC(=O)C=C.C=CCOC(=O)C=CC(=O)O. The molecule has 0 aliphatic heterocycles. The summed E-state index contributed by atoms with van der Waals surface area (Å²) in [5.41, 5.74) is 0. The molecule has 0 amide bonds. The van der Waals surface area contributed by atoms with Crippen molar-refractivity contribution in [1.29, 1.82) is 0 Å². The lowest BCUT2D eigenvalue weighted by atomic mass is 10.5. The van der Waals surface area contributed by atoms with Crippen LogP contribution in [0.1, 0.15) is 0 Å². The van der Waals surface area contributed by atoms with E-state index in [2.05, 4.69) is 29.2 Å². The lowest BCUT2D eigenvalue weighted by Gasteiger charge is -1.93. The summed E-state index contributed by atoms with van der Waals surface area (Å²) in [7, 11) is 0. The van der Waals surface area contributed by atoms with E-state index in [0.29, 0.717) is 6.08 Å². The fourth-order valence-corrected chi connectivity index (χ4v) is 0.528. The molecule has 6 heteroatoms. The minimum atomic E-state index is -1.18. The molecule has 0 unspecified atom stereocenters. The van der Waals surface area contributed by atoms with Crippen LogP contribution in [-0.4, -0.2) is 36.2 Å². The number of rotatable bonds is 7. The van der Waals surface area contributed by atoms with E-state index in [-0.39, 0.29) is 13.2 Å². The first-order valence-electron chi connectivity index (χ1n) is 5.06. The molecule has 0 fully saturated rings. The number of hydrogen-bond donors (Lipinski definition) is 1. The topological polar surface area (TPSA) is 89.9 Å². The smallest absolute Gasteiger partial charge is 0.331 e. The average molecular weight is 268 g/mol. The van der Waals surface area contributed by atoms with E-state index >= 15 is 0 Å². The van der Waals surface area contributed by atoms with Gasteiger partial charge in [0.05, 0.1) is 0 Å². The fourth-order valence-electron chi connectivity index (χ4n) is 0.528. The molecule has 0 aromatic carbocycles. The molecule has 0 heterocycles. The van der Waals surface area contributed by atoms with E-state index < -0.39 is 17.9 Å². The van der Waals surface area contributed by atoms with Gasteiger partial charge in [0.1, 0.15) is 13.2 Å². The highest BCUT2D eigenvalue weighted by molar-refractivity contribution is 5.90. The third kappa shape index (κ3) is 18.0. The maximum atomic E-state index is 10.5. The quantitative estimate of drug-likeness (QED) is 0.424. The minimum absolute atomic E-state index is 0.0861. The van der Waals surface area contributed by atoms with E-state index in [1.807, 2.05) is 0 Å². The Kier molecular flexibility index (Phi) is 13.2. The van der Waals surface area contributed by atoms with Crippen molar-refractivity contribution in [3.05, 3.63) is 50.1 Å². The Morgan fingerprint density at radius 2 is 1.37 bits per heavy atom. The molecule has 104 valence electrons. The van der Waals surface area contributed by atoms with Gasteiger partial charge in [-0.2, -0.15) is 0 Å². The van der Waals surface area contributed by atoms with Crippen LogP contribution < -0.4 is 0 Å². The van der Waals surface area contributed by atoms with Gasteiger partial charge in [0.15, 0.2) is 0 Å². The highest BCUT2D eigenvalue weighted by Gasteiger charge is 1.94. The molecule has 0 aliphatic carbocycles. The molecule has 1 N–H and O–H groups in total. The molecule has 0 spiro atoms. The standard InChI is InChI=1S/C7H8O4.C6H8O2/c1-2-5-11-7(10)4-3-6(8)9;1-3-5-8-6(7)4-2/h2-4H,1,5H2,(H,8,9);3-4H,1-2,5H2. The van der Waals surface area contributed by atoms with Crippen LogP contribution >= 0.6 is 0 Å². The largest absolute Gasteiger partial charge is 0.478 e. The molecule has 0 saturated carbocycles. The fraction of sp³-hybridized carbons (Fsp3) is 0.154. The van der Waals surface area contributed by atoms with Crippen LogP contribution in [-0.2, 0) is 23.9 Å². The number of carbonyl (C=O) groups excluding carboxylic acids is 2. The van der Waals surface area contributed by atoms with Crippen molar-refractivity contribution in [2.75, 3.05) is 13.2 Å². The molecule has 0 bridgehead atoms. The summed E-state index contributed by atoms with van der Waals surface area (Å²) >= 11 is 0. The van der Waals surface area contributed by atoms with E-state index in [4.69, 9.17) is 5.11 Å². The van der Waals surface area contributed by atoms with Crippen LogP contribution in [0.15, 0.2) is 50.1 Å². The third-order valence-electron chi connectivity index (χ3n) is 1.22. The summed E-state index contributed by atoms with van der Waals surface area (Å²) in [6, 6.07) is 0. The first kappa shape index (κ1) is 18.7. The van der Waals surface area contributed by atoms with Gasteiger partial charge in [0, 0.05) is 18.2 Å². The molecular weight excluding hydrogens is 252 g/mol. The first-order valence-corrected chi connectivity index (χ1v) is 5.06. The van der Waals surface area contributed by atoms with E-state index in [1.54, 1.807) is 0 Å². The second-order valence-electron chi connectivity index (χ2n) is 2.71. The van der Waals surface area contributed by atoms with Crippen LogP contribution in [0.25, 0.3) is 0 Å². The number of carboxylic acids is 1. The molecule has 6 nitrogen and oxygen atoms in total. The van der Waals surface area contributed by atoms with Gasteiger partial charge in [-0.3, -0.25) is 0 Å². The lowest BCUT2D eigenvalue weighted by molar-refractivity contribution is -0.137. The van der Waals surface area contributed by atoms with Gasteiger partial charge in [-0.05, 0) is 0 Å². The maximum absolute atomic E-state index is 10.5. The van der Waals surface area contributed by atoms with Crippen LogP contribution in [0.4, 0.5) is 0 Å². The Labute approximate surface area is 111 Å². The van der Waals surface area contributed by atoms with Crippen molar-refractivity contribution in [3.8, 4) is 0 Å². The van der Waals surface area contributed by atoms with Crippen molar-refractivity contribution in [1.82, 2.24) is 0 Å². The Morgan fingerprint density at radius 3 is 1.74 bits per heavy atom. The summed E-state index contributed by atoms with van der Waals surface area (Å²) in [5.74, 6) is -2.28. The third-order valence-corrected chi connectivity index (χ3v) is 1.22. The average Bonchev–Trinajstić information content (AvgIpc) is 2.40. The molecule has 0 radical (unpaired) electrons. The molecule has 0 rings (SSSR count). The molecule has 0 atom stereocenters. The van der Waals surface area contributed by atoms with E-state index in [0.717, 1.165) is 12.2 Å². The summed E-state index contributed by atoms with van der Waals surface area (Å²) in [4.78, 5) is 30.5. The zero-order valence-corrected chi connectivity index (χ0v) is 10.4. The summed E-state index contributed by atoms with van der Waals surface area (Å²) < 4.78 is 8.90. The van der Waals surface area contributed by atoms with Crippen molar-refractivity contribution < 1.29 is 29.0 Å². The van der Waals surface area contributed by atoms with Gasteiger partial charge in [0.2, 0.25) is 0 Å². The van der Waals surface area contributed by atoms with Crippen molar-refractivity contribution in [2.24, 2.45) is 0 Å². The zero-order chi connectivity index (χ0) is 15.1. The summed E-state index contributed by atoms with van der Waals surface area (Å²) in [6.45, 7) is 10.2. The normalized spacial score (nSPS) is 8.63. The number of ether oxygens (including phenoxy) is 2. The minimum Gasteiger partial charge on any atom is -0.478 e. The molecule has 0 aromatic heterocycles. The van der Waals surface area contributed by atoms with Crippen molar-refractivity contribution in [3.63, 3.8) is 0 Å². The Morgan fingerprint density at radius 1 is 0.895 bits per heavy atom. The van der Waals surface area contributed by atoms with Gasteiger partial charge >= 0.3 is 17.9 Å². The van der Waals surface area contributed by atoms with Crippen LogP contribution in [0, 0.1) is 0 Å². The highest BCUT2D eigenvalue weighted by atomic mass is 16.5. The first-order chi connectivity index (χ1) is 8.97. The maximum Gasteiger partial charge on any atom is 0.331 e. The van der Waals surface area contributed by atoms with Gasteiger partial charge in [0.25, 0.3) is 0 Å². The Hall–Kier alpha value is -2.63. The van der Waals surface area contributed by atoms with E-state index in [1.165, 1.54) is 12.2 Å².